The van der Waals surface area contributed by atoms with E-state index in [2.05, 4.69) is 0 Å². The van der Waals surface area contributed by atoms with Crippen molar-refractivity contribution < 1.29 is 9.90 Å². The minimum absolute atomic E-state index is 0.218. The summed E-state index contributed by atoms with van der Waals surface area (Å²) in [6.07, 6.45) is 11.2. The van der Waals surface area contributed by atoms with Gasteiger partial charge >= 0.3 is 5.97 Å². The largest absolute Gasteiger partial charge is 0.477 e. The van der Waals surface area contributed by atoms with Gasteiger partial charge in [0.25, 0.3) is 0 Å². The molecule has 0 atom stereocenters. The molecule has 118 valence electrons. The highest BCUT2D eigenvalue weighted by Gasteiger charge is 2.63. The number of carbonyl (C=O) groups is 1. The molecule has 8 bridgehead atoms. The fraction of sp³-hybridized carbons (Fsp3) is 0.789. The SMILES string of the molecule is C1C2CC3C4CC5CC(C14)C(C2)C3C5.CC=C(C#N)C(=O)O. The highest BCUT2D eigenvalue weighted by atomic mass is 16.4. The van der Waals surface area contributed by atoms with E-state index in [1.165, 1.54) is 66.4 Å². The van der Waals surface area contributed by atoms with Crippen molar-refractivity contribution in [1.29, 1.82) is 5.26 Å². The Morgan fingerprint density at radius 1 is 0.909 bits per heavy atom. The first kappa shape index (κ1) is 14.3. The summed E-state index contributed by atoms with van der Waals surface area (Å²) in [4.78, 5) is 9.87. The molecule has 0 radical (unpaired) electrons. The van der Waals surface area contributed by atoms with Crippen molar-refractivity contribution in [3.05, 3.63) is 11.6 Å². The lowest BCUT2D eigenvalue weighted by atomic mass is 9.36. The van der Waals surface area contributed by atoms with Crippen molar-refractivity contribution in [1.82, 2.24) is 0 Å². The van der Waals surface area contributed by atoms with Crippen LogP contribution < -0.4 is 0 Å². The molecule has 0 aromatic heterocycles. The van der Waals surface area contributed by atoms with Gasteiger partial charge in [-0.05, 0) is 92.8 Å². The van der Waals surface area contributed by atoms with Gasteiger partial charge in [0, 0.05) is 0 Å². The zero-order valence-corrected chi connectivity index (χ0v) is 13.2. The molecule has 1 N–H and O–H groups in total. The van der Waals surface area contributed by atoms with Crippen molar-refractivity contribution in [2.75, 3.05) is 0 Å². The van der Waals surface area contributed by atoms with Crippen molar-refractivity contribution in [3.8, 4) is 6.07 Å². The highest BCUT2D eigenvalue weighted by Crippen LogP contribution is 2.71. The van der Waals surface area contributed by atoms with E-state index in [0.717, 1.165) is 0 Å². The van der Waals surface area contributed by atoms with Crippen LogP contribution in [0, 0.1) is 58.7 Å². The van der Waals surface area contributed by atoms with Crippen LogP contribution in [0.15, 0.2) is 11.6 Å². The lowest BCUT2D eigenvalue weighted by Crippen LogP contribution is -2.62. The van der Waals surface area contributed by atoms with E-state index >= 15 is 0 Å². The maximum Gasteiger partial charge on any atom is 0.346 e. The number of hydrogen-bond acceptors (Lipinski definition) is 2. The predicted octanol–water partition coefficient (Wildman–Crippen LogP) is 3.87. The second-order valence-electron chi connectivity index (χ2n) is 8.25. The molecule has 0 spiro atoms. The number of carboxylic acid groups (broad SMARTS) is 1. The number of nitriles is 1. The first-order valence-corrected chi connectivity index (χ1v) is 8.92. The van der Waals surface area contributed by atoms with Crippen molar-refractivity contribution in [3.63, 3.8) is 0 Å². The molecule has 0 saturated heterocycles. The summed E-state index contributed by atoms with van der Waals surface area (Å²) in [6, 6.07) is 1.51. The molecule has 0 aromatic rings. The van der Waals surface area contributed by atoms with E-state index < -0.39 is 5.97 Å². The third-order valence-corrected chi connectivity index (χ3v) is 7.57. The summed E-state index contributed by atoms with van der Waals surface area (Å²) in [5.74, 6) is 8.57. The van der Waals surface area contributed by atoms with Gasteiger partial charge in [0.05, 0.1) is 0 Å². The molecule has 0 amide bonds. The summed E-state index contributed by atoms with van der Waals surface area (Å²) in [5.41, 5.74) is -0.218. The van der Waals surface area contributed by atoms with Crippen LogP contribution in [0.3, 0.4) is 0 Å². The van der Waals surface area contributed by atoms with Gasteiger partial charge in [-0.3, -0.25) is 0 Å². The Kier molecular flexibility index (Phi) is 3.33. The fourth-order valence-corrected chi connectivity index (χ4v) is 7.13. The van der Waals surface area contributed by atoms with E-state index in [0.29, 0.717) is 0 Å². The maximum atomic E-state index is 9.87. The number of rotatable bonds is 1. The van der Waals surface area contributed by atoms with Crippen molar-refractivity contribution >= 4 is 5.97 Å². The normalized spacial score (nSPS) is 49.5. The molecule has 22 heavy (non-hydrogen) atoms. The van der Waals surface area contributed by atoms with E-state index in [9.17, 15) is 4.79 Å². The van der Waals surface area contributed by atoms with Gasteiger partial charge < -0.3 is 5.11 Å². The molecule has 0 aliphatic heterocycles. The van der Waals surface area contributed by atoms with E-state index in [4.69, 9.17) is 10.4 Å². The topological polar surface area (TPSA) is 61.1 Å². The average Bonchev–Trinajstić information content (AvgIpc) is 2.53. The Labute approximate surface area is 132 Å². The first-order valence-electron chi connectivity index (χ1n) is 8.92. The van der Waals surface area contributed by atoms with Crippen LogP contribution in [0.1, 0.15) is 45.4 Å². The number of aliphatic carboxylic acids is 1. The average molecular weight is 299 g/mol. The van der Waals surface area contributed by atoms with Crippen LogP contribution in [0.2, 0.25) is 0 Å². The molecule has 0 heterocycles. The van der Waals surface area contributed by atoms with Crippen LogP contribution in [0.4, 0.5) is 0 Å². The second kappa shape index (κ2) is 5.11. The summed E-state index contributed by atoms with van der Waals surface area (Å²) >= 11 is 0. The Bertz CT molecular complexity index is 471. The lowest BCUT2D eigenvalue weighted by molar-refractivity contribution is -0.202. The molecular weight excluding hydrogens is 274 g/mol. The molecule has 7 saturated carbocycles. The van der Waals surface area contributed by atoms with E-state index in [1.807, 2.05) is 0 Å². The highest BCUT2D eigenvalue weighted by molar-refractivity contribution is 5.90. The Balaban J connectivity index is 0.000000137. The Morgan fingerprint density at radius 3 is 1.36 bits per heavy atom. The third-order valence-electron chi connectivity index (χ3n) is 7.57. The Morgan fingerprint density at radius 2 is 1.23 bits per heavy atom. The summed E-state index contributed by atoms with van der Waals surface area (Å²) in [6.45, 7) is 1.51. The minimum Gasteiger partial charge on any atom is -0.477 e. The van der Waals surface area contributed by atoms with Crippen LogP contribution in [0.5, 0.6) is 0 Å². The summed E-state index contributed by atoms with van der Waals surface area (Å²) in [5, 5.41) is 16.1. The molecule has 0 aromatic carbocycles. The van der Waals surface area contributed by atoms with Gasteiger partial charge in [0.2, 0.25) is 0 Å². The van der Waals surface area contributed by atoms with E-state index in [-0.39, 0.29) is 5.57 Å². The summed E-state index contributed by atoms with van der Waals surface area (Å²) in [7, 11) is 0. The number of nitrogens with zero attached hydrogens (tertiary/aromatic N) is 1. The van der Waals surface area contributed by atoms with Crippen molar-refractivity contribution in [2.45, 2.75) is 45.4 Å². The molecule has 3 nitrogen and oxygen atoms in total. The lowest BCUT2D eigenvalue weighted by Gasteiger charge is -2.69. The number of hydrogen-bond donors (Lipinski definition) is 1. The maximum absolute atomic E-state index is 9.87. The monoisotopic (exact) mass is 299 g/mol. The number of allylic oxidation sites excluding steroid dienone is 1. The van der Waals surface area contributed by atoms with Crippen LogP contribution in [-0.2, 0) is 4.79 Å². The zero-order chi connectivity index (χ0) is 15.4. The molecule has 7 aliphatic rings. The Hall–Kier alpha value is -1.30. The molecule has 7 rings (SSSR count). The van der Waals surface area contributed by atoms with Gasteiger partial charge in [-0.1, -0.05) is 6.08 Å². The van der Waals surface area contributed by atoms with Crippen LogP contribution in [0.25, 0.3) is 0 Å². The predicted molar refractivity (Wildman–Crippen MR) is 82.6 cm³/mol. The quantitative estimate of drug-likeness (QED) is 0.590. The van der Waals surface area contributed by atoms with E-state index in [1.54, 1.807) is 38.5 Å². The molecular formula is C19H25NO2. The number of carboxylic acids is 1. The molecule has 7 aliphatic carbocycles. The van der Waals surface area contributed by atoms with Crippen LogP contribution in [-0.4, -0.2) is 11.1 Å². The van der Waals surface area contributed by atoms with Crippen LogP contribution >= 0.6 is 0 Å². The van der Waals surface area contributed by atoms with Gasteiger partial charge in [0.1, 0.15) is 11.6 Å². The molecule has 3 heteroatoms. The third kappa shape index (κ3) is 1.96. The summed E-state index contributed by atoms with van der Waals surface area (Å²) < 4.78 is 0. The second-order valence-corrected chi connectivity index (χ2v) is 8.25. The minimum atomic E-state index is -1.17. The van der Waals surface area contributed by atoms with Gasteiger partial charge in [0.15, 0.2) is 0 Å². The van der Waals surface area contributed by atoms with Crippen molar-refractivity contribution in [2.24, 2.45) is 47.3 Å². The standard InChI is InChI=1S/C14H20.C5H5NO2/c1-7-2-12-10-4-8-5-11(9(1)10)13(3-7)14(12)6-8;1-2-4(3-6)5(7)8/h7-14H,1-6H2;2H,1H3,(H,7,8). The fourth-order valence-electron chi connectivity index (χ4n) is 7.13. The molecule has 7 fully saturated rings. The zero-order valence-electron chi connectivity index (χ0n) is 13.2. The smallest absolute Gasteiger partial charge is 0.346 e. The van der Waals surface area contributed by atoms with Gasteiger partial charge in [-0.25, -0.2) is 4.79 Å². The molecule has 0 unspecified atom stereocenters. The first-order chi connectivity index (χ1) is 10.6. The van der Waals surface area contributed by atoms with Gasteiger partial charge in [-0.2, -0.15) is 5.26 Å². The van der Waals surface area contributed by atoms with Gasteiger partial charge in [-0.15, -0.1) is 0 Å².